The highest BCUT2D eigenvalue weighted by atomic mass is 16.5. The second-order valence-electron chi connectivity index (χ2n) is 5.54. The van der Waals surface area contributed by atoms with Crippen LogP contribution < -0.4 is 10.1 Å². The minimum Gasteiger partial charge on any atom is -0.466 e. The third-order valence-corrected chi connectivity index (χ3v) is 3.88. The molecule has 0 aliphatic heterocycles. The maximum Gasteiger partial charge on any atom is 0.262 e. The molecule has 3 rings (SSSR count). The van der Waals surface area contributed by atoms with Gasteiger partial charge in [-0.15, -0.1) is 5.10 Å². The summed E-state index contributed by atoms with van der Waals surface area (Å²) in [5.74, 6) is 0.150. The van der Waals surface area contributed by atoms with Crippen LogP contribution in [0.3, 0.4) is 0 Å². The normalized spacial score (nSPS) is 10.6. The number of nitrogens with zero attached hydrogens (tertiary/aromatic N) is 2. The Balaban J connectivity index is 1.72. The highest BCUT2D eigenvalue weighted by molar-refractivity contribution is 5.94. The topological polar surface area (TPSA) is 64.1 Å². The lowest BCUT2D eigenvalue weighted by Crippen LogP contribution is -2.22. The first-order valence-electron chi connectivity index (χ1n) is 7.90. The first kappa shape index (κ1) is 15.9. The Hall–Kier alpha value is -2.95. The van der Waals surface area contributed by atoms with E-state index in [1.54, 1.807) is 6.20 Å². The molecule has 0 unspecified atom stereocenters. The van der Waals surface area contributed by atoms with Crippen molar-refractivity contribution in [1.29, 1.82) is 0 Å². The number of nitrogens with one attached hydrogen (secondary N) is 1. The van der Waals surface area contributed by atoms with Crippen molar-refractivity contribution in [2.24, 2.45) is 0 Å². The molecule has 3 aromatic rings. The van der Waals surface area contributed by atoms with E-state index >= 15 is 0 Å². The maximum atomic E-state index is 12.3. The summed E-state index contributed by atoms with van der Waals surface area (Å²) in [5, 5.41) is 12.6. The van der Waals surface area contributed by atoms with E-state index in [0.29, 0.717) is 5.88 Å². The van der Waals surface area contributed by atoms with Crippen molar-refractivity contribution in [1.82, 2.24) is 10.2 Å². The lowest BCUT2D eigenvalue weighted by Gasteiger charge is -2.13. The largest absolute Gasteiger partial charge is 0.466 e. The lowest BCUT2D eigenvalue weighted by atomic mass is 10.1. The van der Waals surface area contributed by atoms with Crippen molar-refractivity contribution in [3.63, 3.8) is 0 Å². The molecular weight excluding hydrogens is 302 g/mol. The van der Waals surface area contributed by atoms with Crippen LogP contribution in [0.15, 0.2) is 48.7 Å². The molecule has 0 saturated heterocycles. The number of aromatic nitrogens is 2. The Morgan fingerprint density at radius 1 is 1.17 bits per heavy atom. The van der Waals surface area contributed by atoms with E-state index in [9.17, 15) is 4.79 Å². The highest BCUT2D eigenvalue weighted by Crippen LogP contribution is 2.22. The average Bonchev–Trinajstić information content (AvgIpc) is 2.61. The molecule has 2 aromatic carbocycles. The van der Waals surface area contributed by atoms with Crippen molar-refractivity contribution in [3.05, 3.63) is 59.8 Å². The van der Waals surface area contributed by atoms with Gasteiger partial charge in [-0.05, 0) is 30.5 Å². The van der Waals surface area contributed by atoms with Crippen LogP contribution in [-0.2, 0) is 11.2 Å². The van der Waals surface area contributed by atoms with Gasteiger partial charge in [0.25, 0.3) is 5.91 Å². The number of para-hydroxylation sites is 1. The Morgan fingerprint density at radius 3 is 2.83 bits per heavy atom. The summed E-state index contributed by atoms with van der Waals surface area (Å²) in [6, 6.07) is 13.6. The summed E-state index contributed by atoms with van der Waals surface area (Å²) < 4.78 is 5.58. The molecule has 0 aliphatic rings. The number of hydrogen-bond acceptors (Lipinski definition) is 4. The van der Waals surface area contributed by atoms with Gasteiger partial charge in [0.1, 0.15) is 0 Å². The number of ether oxygens (including phenoxy) is 1. The van der Waals surface area contributed by atoms with Gasteiger partial charge in [-0.3, -0.25) is 4.79 Å². The molecule has 122 valence electrons. The zero-order valence-electron chi connectivity index (χ0n) is 13.7. The summed E-state index contributed by atoms with van der Waals surface area (Å²) in [6.07, 6.45) is 2.52. The molecule has 0 spiro atoms. The van der Waals surface area contributed by atoms with Crippen molar-refractivity contribution in [2.75, 3.05) is 11.9 Å². The second-order valence-corrected chi connectivity index (χ2v) is 5.54. The lowest BCUT2D eigenvalue weighted by molar-refractivity contribution is -0.118. The minimum atomic E-state index is -0.214. The van der Waals surface area contributed by atoms with Gasteiger partial charge in [-0.1, -0.05) is 43.3 Å². The third kappa shape index (κ3) is 3.35. The fraction of sp³-hybridized carbons (Fsp3) is 0.211. The van der Waals surface area contributed by atoms with Crippen molar-refractivity contribution in [2.45, 2.75) is 20.3 Å². The van der Waals surface area contributed by atoms with E-state index < -0.39 is 0 Å². The zero-order chi connectivity index (χ0) is 16.9. The molecule has 5 heteroatoms. The molecule has 0 fully saturated rings. The highest BCUT2D eigenvalue weighted by Gasteiger charge is 2.11. The Labute approximate surface area is 140 Å². The van der Waals surface area contributed by atoms with Gasteiger partial charge < -0.3 is 10.1 Å². The predicted octanol–water partition coefficient (Wildman–Crippen LogP) is 3.52. The molecule has 5 nitrogen and oxygen atoms in total. The fourth-order valence-corrected chi connectivity index (χ4v) is 2.62. The van der Waals surface area contributed by atoms with Crippen molar-refractivity contribution < 1.29 is 9.53 Å². The average molecular weight is 321 g/mol. The standard InChI is InChI=1S/C19H19N3O2/c1-3-14-9-6-7-13(2)18(14)21-17(23)12-24-19-16-10-5-4-8-15(16)11-20-22-19/h4-11H,3,12H2,1-2H3,(H,21,23). The summed E-state index contributed by atoms with van der Waals surface area (Å²) in [7, 11) is 0. The zero-order valence-corrected chi connectivity index (χ0v) is 13.7. The summed E-state index contributed by atoms with van der Waals surface area (Å²) >= 11 is 0. The van der Waals surface area contributed by atoms with Crippen LogP contribution in [-0.4, -0.2) is 22.7 Å². The molecule has 0 saturated carbocycles. The fourth-order valence-electron chi connectivity index (χ4n) is 2.62. The second kappa shape index (κ2) is 7.08. The number of rotatable bonds is 5. The summed E-state index contributed by atoms with van der Waals surface area (Å²) in [4.78, 5) is 12.3. The Kier molecular flexibility index (Phi) is 4.70. The van der Waals surface area contributed by atoms with Gasteiger partial charge in [-0.2, -0.15) is 5.10 Å². The maximum absolute atomic E-state index is 12.3. The van der Waals surface area contributed by atoms with Gasteiger partial charge in [0.2, 0.25) is 5.88 Å². The molecule has 1 amide bonds. The summed E-state index contributed by atoms with van der Waals surface area (Å²) in [6.45, 7) is 3.93. The van der Waals surface area contributed by atoms with Gasteiger partial charge in [-0.25, -0.2) is 0 Å². The summed E-state index contributed by atoms with van der Waals surface area (Å²) in [5.41, 5.74) is 3.00. The van der Waals surface area contributed by atoms with Gasteiger partial charge in [0.15, 0.2) is 6.61 Å². The molecule has 1 heterocycles. The number of aryl methyl sites for hydroxylation is 2. The number of fused-ring (bicyclic) bond motifs is 1. The smallest absolute Gasteiger partial charge is 0.262 e. The van der Waals surface area contributed by atoms with E-state index in [1.807, 2.05) is 49.4 Å². The molecule has 1 aromatic heterocycles. The molecule has 0 radical (unpaired) electrons. The molecule has 0 aliphatic carbocycles. The predicted molar refractivity (Wildman–Crippen MR) is 94.2 cm³/mol. The van der Waals surface area contributed by atoms with Gasteiger partial charge in [0, 0.05) is 16.5 Å². The van der Waals surface area contributed by atoms with Crippen molar-refractivity contribution >= 4 is 22.4 Å². The van der Waals surface area contributed by atoms with E-state index in [2.05, 4.69) is 22.4 Å². The minimum absolute atomic E-state index is 0.111. The quantitative estimate of drug-likeness (QED) is 0.781. The van der Waals surface area contributed by atoms with E-state index in [-0.39, 0.29) is 12.5 Å². The molecule has 1 N–H and O–H groups in total. The van der Waals surface area contributed by atoms with E-state index in [0.717, 1.165) is 34.0 Å². The van der Waals surface area contributed by atoms with Crippen LogP contribution in [0.2, 0.25) is 0 Å². The number of amides is 1. The molecule has 0 atom stereocenters. The van der Waals surface area contributed by atoms with E-state index in [1.165, 1.54) is 0 Å². The monoisotopic (exact) mass is 321 g/mol. The number of hydrogen-bond donors (Lipinski definition) is 1. The molecular formula is C19H19N3O2. The van der Waals surface area contributed by atoms with Crippen LogP contribution in [0.5, 0.6) is 5.88 Å². The number of benzene rings is 2. The number of anilines is 1. The van der Waals surface area contributed by atoms with E-state index in [4.69, 9.17) is 4.74 Å². The van der Waals surface area contributed by atoms with Crippen LogP contribution in [0.25, 0.3) is 10.8 Å². The van der Waals surface area contributed by atoms with Gasteiger partial charge in [0.05, 0.1) is 6.20 Å². The molecule has 0 bridgehead atoms. The Morgan fingerprint density at radius 2 is 2.00 bits per heavy atom. The third-order valence-electron chi connectivity index (χ3n) is 3.88. The first-order chi connectivity index (χ1) is 11.7. The van der Waals surface area contributed by atoms with Crippen LogP contribution >= 0.6 is 0 Å². The van der Waals surface area contributed by atoms with Crippen LogP contribution in [0, 0.1) is 6.92 Å². The van der Waals surface area contributed by atoms with Crippen LogP contribution in [0.1, 0.15) is 18.1 Å². The van der Waals surface area contributed by atoms with Gasteiger partial charge >= 0.3 is 0 Å². The number of carbonyl (C=O) groups is 1. The Bertz CT molecular complexity index is 872. The van der Waals surface area contributed by atoms with Crippen molar-refractivity contribution in [3.8, 4) is 5.88 Å². The molecule has 24 heavy (non-hydrogen) atoms. The SMILES string of the molecule is CCc1cccc(C)c1NC(=O)COc1nncc2ccccc12. The first-order valence-corrected chi connectivity index (χ1v) is 7.90. The number of carbonyl (C=O) groups excluding carboxylic acids is 1. The van der Waals surface area contributed by atoms with Crippen LogP contribution in [0.4, 0.5) is 5.69 Å².